The number of hydrogen-bond acceptors (Lipinski definition) is 3. The average Bonchev–Trinajstić information content (AvgIpc) is 2.93. The van der Waals surface area contributed by atoms with Gasteiger partial charge >= 0.3 is 0 Å². The van der Waals surface area contributed by atoms with E-state index in [2.05, 4.69) is 10.6 Å². The largest absolute Gasteiger partial charge is 0.378 e. The highest BCUT2D eigenvalue weighted by molar-refractivity contribution is 6.05. The number of hydrogen-bond donors (Lipinski definition) is 2. The predicted molar refractivity (Wildman–Crippen MR) is 146 cm³/mol. The van der Waals surface area contributed by atoms with Crippen molar-refractivity contribution in [3.63, 3.8) is 0 Å². The van der Waals surface area contributed by atoms with Crippen LogP contribution in [0.2, 0.25) is 0 Å². The van der Waals surface area contributed by atoms with Crippen LogP contribution in [0.15, 0.2) is 121 Å². The Morgan fingerprint density at radius 2 is 1.19 bits per heavy atom. The number of benzene rings is 4. The lowest BCUT2D eigenvalue weighted by molar-refractivity contribution is -0.118. The van der Waals surface area contributed by atoms with E-state index in [-0.39, 0.29) is 23.6 Å². The Kier molecular flexibility index (Phi) is 7.94. The molecule has 2 amide bonds. The summed E-state index contributed by atoms with van der Waals surface area (Å²) in [5, 5.41) is 5.95. The molecule has 0 unspecified atom stereocenters. The van der Waals surface area contributed by atoms with Crippen LogP contribution in [0.25, 0.3) is 6.08 Å². The van der Waals surface area contributed by atoms with Crippen LogP contribution < -0.4 is 15.5 Å². The molecule has 180 valence electrons. The van der Waals surface area contributed by atoms with Gasteiger partial charge in [0.1, 0.15) is 5.70 Å². The summed E-state index contributed by atoms with van der Waals surface area (Å²) in [6.45, 7) is 0. The normalized spacial score (nSPS) is 11.1. The van der Waals surface area contributed by atoms with Crippen molar-refractivity contribution < 1.29 is 9.59 Å². The number of nitrogens with zero attached hydrogens (tertiary/aromatic N) is 1. The highest BCUT2D eigenvalue weighted by Crippen LogP contribution is 2.22. The maximum atomic E-state index is 13.6. The molecule has 0 aliphatic carbocycles. The Bertz CT molecular complexity index is 1280. The van der Waals surface area contributed by atoms with Crippen LogP contribution in [0.4, 0.5) is 5.69 Å². The first kappa shape index (κ1) is 24.5. The van der Waals surface area contributed by atoms with Crippen molar-refractivity contribution in [1.29, 1.82) is 0 Å². The summed E-state index contributed by atoms with van der Waals surface area (Å²) in [7, 11) is 3.94. The van der Waals surface area contributed by atoms with Crippen LogP contribution in [-0.4, -0.2) is 25.9 Å². The molecule has 0 radical (unpaired) electrons. The Morgan fingerprint density at radius 1 is 0.694 bits per heavy atom. The summed E-state index contributed by atoms with van der Waals surface area (Å²) in [6.07, 6.45) is 1.70. The second-order valence-corrected chi connectivity index (χ2v) is 8.59. The molecule has 36 heavy (non-hydrogen) atoms. The minimum absolute atomic E-state index is 0.165. The molecule has 5 heteroatoms. The lowest BCUT2D eigenvalue weighted by atomic mass is 9.98. The number of rotatable bonds is 8. The summed E-state index contributed by atoms with van der Waals surface area (Å²) in [6, 6.07) is 35.8. The molecule has 0 aliphatic heterocycles. The molecule has 4 aromatic carbocycles. The Hall–Kier alpha value is -4.64. The zero-order chi connectivity index (χ0) is 25.3. The standard InChI is InChI=1S/C31H29N3O2/c1-34(2)27-20-18-23(19-21-27)22-28(32-30(35)26-16-10-5-11-17-26)31(36)33-29(24-12-6-3-7-13-24)25-14-8-4-9-15-25/h3-22,29H,1-2H3,(H,32,35)(H,33,36)/b28-22-. The van der Waals surface area contributed by atoms with E-state index in [0.717, 1.165) is 22.4 Å². The fraction of sp³-hybridized carbons (Fsp3) is 0.0968. The van der Waals surface area contributed by atoms with Crippen molar-refractivity contribution in [2.24, 2.45) is 0 Å². The molecule has 0 fully saturated rings. The minimum atomic E-state index is -0.381. The topological polar surface area (TPSA) is 61.4 Å². The minimum Gasteiger partial charge on any atom is -0.378 e. The molecule has 4 aromatic rings. The van der Waals surface area contributed by atoms with E-state index >= 15 is 0 Å². The van der Waals surface area contributed by atoms with Gasteiger partial charge in [0.15, 0.2) is 0 Å². The summed E-state index contributed by atoms with van der Waals surface area (Å²) < 4.78 is 0. The molecule has 2 N–H and O–H groups in total. The maximum Gasteiger partial charge on any atom is 0.268 e. The molecule has 0 spiro atoms. The van der Waals surface area contributed by atoms with Crippen molar-refractivity contribution in [2.75, 3.05) is 19.0 Å². The fourth-order valence-corrected chi connectivity index (χ4v) is 3.84. The van der Waals surface area contributed by atoms with Gasteiger partial charge in [-0.3, -0.25) is 9.59 Å². The van der Waals surface area contributed by atoms with Gasteiger partial charge in [-0.1, -0.05) is 91.0 Å². The van der Waals surface area contributed by atoms with Gasteiger partial charge in [0.2, 0.25) is 0 Å². The fourth-order valence-electron chi connectivity index (χ4n) is 3.84. The Morgan fingerprint density at radius 3 is 1.69 bits per heavy atom. The first-order valence-electron chi connectivity index (χ1n) is 11.8. The third kappa shape index (κ3) is 6.27. The summed E-state index contributed by atoms with van der Waals surface area (Å²) in [5.74, 6) is -0.730. The molecule has 5 nitrogen and oxygen atoms in total. The summed E-state index contributed by atoms with van der Waals surface area (Å²) in [5.41, 5.74) is 4.37. The third-order valence-electron chi connectivity index (χ3n) is 5.79. The van der Waals surface area contributed by atoms with Crippen molar-refractivity contribution in [1.82, 2.24) is 10.6 Å². The number of carbonyl (C=O) groups excluding carboxylic acids is 2. The van der Waals surface area contributed by atoms with Gasteiger partial charge < -0.3 is 15.5 Å². The molecule has 0 heterocycles. The van der Waals surface area contributed by atoms with E-state index in [1.165, 1.54) is 0 Å². The highest BCUT2D eigenvalue weighted by atomic mass is 16.2. The Labute approximate surface area is 212 Å². The Balaban J connectivity index is 1.67. The smallest absolute Gasteiger partial charge is 0.268 e. The van der Waals surface area contributed by atoms with Gasteiger partial charge in [0, 0.05) is 25.3 Å². The van der Waals surface area contributed by atoms with Gasteiger partial charge in [-0.25, -0.2) is 0 Å². The van der Waals surface area contributed by atoms with Gasteiger partial charge in [-0.2, -0.15) is 0 Å². The molecule has 0 saturated heterocycles. The molecule has 0 atom stereocenters. The summed E-state index contributed by atoms with van der Waals surface area (Å²) in [4.78, 5) is 28.6. The first-order valence-corrected chi connectivity index (χ1v) is 11.8. The monoisotopic (exact) mass is 475 g/mol. The summed E-state index contributed by atoms with van der Waals surface area (Å²) >= 11 is 0. The maximum absolute atomic E-state index is 13.6. The van der Waals surface area contributed by atoms with Crippen LogP contribution >= 0.6 is 0 Å². The molecule has 0 aromatic heterocycles. The second kappa shape index (κ2) is 11.7. The number of carbonyl (C=O) groups is 2. The second-order valence-electron chi connectivity index (χ2n) is 8.59. The van der Waals surface area contributed by atoms with E-state index < -0.39 is 0 Å². The molecule has 0 bridgehead atoms. The van der Waals surface area contributed by atoms with Crippen LogP contribution in [0, 0.1) is 0 Å². The number of anilines is 1. The molecule has 0 saturated carbocycles. The molecule has 4 rings (SSSR count). The van der Waals surface area contributed by atoms with Crippen LogP contribution in [0.5, 0.6) is 0 Å². The van der Waals surface area contributed by atoms with Crippen molar-refractivity contribution in [2.45, 2.75) is 6.04 Å². The quantitative estimate of drug-likeness (QED) is 0.334. The number of amides is 2. The van der Waals surface area contributed by atoms with E-state index in [1.54, 1.807) is 30.3 Å². The zero-order valence-electron chi connectivity index (χ0n) is 20.4. The third-order valence-corrected chi connectivity index (χ3v) is 5.79. The lowest BCUT2D eigenvalue weighted by Gasteiger charge is -2.21. The van der Waals surface area contributed by atoms with Gasteiger partial charge in [0.25, 0.3) is 11.8 Å². The van der Waals surface area contributed by atoms with Crippen molar-refractivity contribution in [3.05, 3.63) is 143 Å². The molecule has 0 aliphatic rings. The predicted octanol–water partition coefficient (Wildman–Crippen LogP) is 5.43. The molecular formula is C31H29N3O2. The van der Waals surface area contributed by atoms with E-state index in [0.29, 0.717) is 5.56 Å². The molecular weight excluding hydrogens is 446 g/mol. The van der Waals surface area contributed by atoms with E-state index in [4.69, 9.17) is 0 Å². The van der Waals surface area contributed by atoms with Gasteiger partial charge in [-0.05, 0) is 47.0 Å². The van der Waals surface area contributed by atoms with Crippen molar-refractivity contribution >= 4 is 23.6 Å². The zero-order valence-corrected chi connectivity index (χ0v) is 20.4. The first-order chi connectivity index (χ1) is 17.5. The SMILES string of the molecule is CN(C)c1ccc(/C=C(\NC(=O)c2ccccc2)C(=O)NC(c2ccccc2)c2ccccc2)cc1. The van der Waals surface area contributed by atoms with Gasteiger partial charge in [0.05, 0.1) is 6.04 Å². The van der Waals surface area contributed by atoms with Crippen molar-refractivity contribution in [3.8, 4) is 0 Å². The van der Waals surface area contributed by atoms with Crippen LogP contribution in [0.3, 0.4) is 0 Å². The van der Waals surface area contributed by atoms with Gasteiger partial charge in [-0.15, -0.1) is 0 Å². The average molecular weight is 476 g/mol. The van der Waals surface area contributed by atoms with E-state index in [1.807, 2.05) is 110 Å². The van der Waals surface area contributed by atoms with Crippen LogP contribution in [0.1, 0.15) is 33.1 Å². The lowest BCUT2D eigenvalue weighted by Crippen LogP contribution is -2.37. The van der Waals surface area contributed by atoms with Crippen LogP contribution in [-0.2, 0) is 4.79 Å². The number of nitrogens with one attached hydrogen (secondary N) is 2. The highest BCUT2D eigenvalue weighted by Gasteiger charge is 2.21. The van der Waals surface area contributed by atoms with E-state index in [9.17, 15) is 9.59 Å².